The third kappa shape index (κ3) is 4.95. The molecule has 0 spiro atoms. The SMILES string of the molecule is Cc1ccc(CNc2nc(NCCCN3CCCC3=O)nc3c2ncn3C(C)C)cc1. The minimum atomic E-state index is 0.249. The number of aromatic nitrogens is 4. The molecule has 0 saturated carbocycles. The number of hydrogen-bond acceptors (Lipinski definition) is 6. The lowest BCUT2D eigenvalue weighted by Crippen LogP contribution is -2.27. The smallest absolute Gasteiger partial charge is 0.226 e. The van der Waals surface area contributed by atoms with Crippen molar-refractivity contribution < 1.29 is 4.79 Å². The van der Waals surface area contributed by atoms with Crippen molar-refractivity contribution in [2.75, 3.05) is 30.3 Å². The van der Waals surface area contributed by atoms with Crippen molar-refractivity contribution in [3.05, 3.63) is 41.7 Å². The van der Waals surface area contributed by atoms with Crippen LogP contribution in [0, 0.1) is 6.92 Å². The van der Waals surface area contributed by atoms with Crippen molar-refractivity contribution in [3.63, 3.8) is 0 Å². The predicted molar refractivity (Wildman–Crippen MR) is 123 cm³/mol. The van der Waals surface area contributed by atoms with Crippen LogP contribution in [0.2, 0.25) is 0 Å². The summed E-state index contributed by atoms with van der Waals surface area (Å²) in [5.74, 6) is 1.57. The number of likely N-dealkylation sites (tertiary alicyclic amines) is 1. The summed E-state index contributed by atoms with van der Waals surface area (Å²) in [6.45, 7) is 9.34. The minimum Gasteiger partial charge on any atom is -0.364 e. The molecule has 2 aromatic heterocycles. The van der Waals surface area contributed by atoms with Gasteiger partial charge in [0.1, 0.15) is 0 Å². The van der Waals surface area contributed by atoms with E-state index in [0.29, 0.717) is 25.5 Å². The topological polar surface area (TPSA) is 88.0 Å². The summed E-state index contributed by atoms with van der Waals surface area (Å²) in [5.41, 5.74) is 4.01. The number of benzene rings is 1. The van der Waals surface area contributed by atoms with Crippen LogP contribution in [0.3, 0.4) is 0 Å². The predicted octanol–water partition coefficient (Wildman–Crippen LogP) is 3.75. The van der Waals surface area contributed by atoms with Crippen LogP contribution in [0.15, 0.2) is 30.6 Å². The summed E-state index contributed by atoms with van der Waals surface area (Å²) in [5, 5.41) is 6.77. The molecule has 3 heterocycles. The molecule has 1 fully saturated rings. The van der Waals surface area contributed by atoms with E-state index in [9.17, 15) is 4.79 Å². The Morgan fingerprint density at radius 2 is 1.94 bits per heavy atom. The van der Waals surface area contributed by atoms with Crippen LogP contribution in [-0.4, -0.2) is 50.0 Å². The molecule has 2 N–H and O–H groups in total. The number of anilines is 2. The molecule has 0 atom stereocenters. The molecule has 0 radical (unpaired) electrons. The third-order valence-corrected chi connectivity index (χ3v) is 5.62. The zero-order valence-corrected chi connectivity index (χ0v) is 18.6. The first-order valence-electron chi connectivity index (χ1n) is 11.1. The van der Waals surface area contributed by atoms with E-state index in [1.807, 2.05) is 11.2 Å². The first-order valence-corrected chi connectivity index (χ1v) is 11.1. The summed E-state index contributed by atoms with van der Waals surface area (Å²) in [6.07, 6.45) is 4.34. The van der Waals surface area contributed by atoms with Crippen LogP contribution in [0.1, 0.15) is 50.3 Å². The van der Waals surface area contributed by atoms with Crippen LogP contribution < -0.4 is 10.6 Å². The van der Waals surface area contributed by atoms with Crippen molar-refractivity contribution in [3.8, 4) is 0 Å². The van der Waals surface area contributed by atoms with Crippen LogP contribution in [0.25, 0.3) is 11.2 Å². The van der Waals surface area contributed by atoms with Crippen molar-refractivity contribution in [2.45, 2.75) is 52.6 Å². The van der Waals surface area contributed by atoms with Crippen molar-refractivity contribution in [1.82, 2.24) is 24.4 Å². The number of fused-ring (bicyclic) bond motifs is 1. The number of nitrogens with one attached hydrogen (secondary N) is 2. The summed E-state index contributed by atoms with van der Waals surface area (Å²) in [4.78, 5) is 27.7. The van der Waals surface area contributed by atoms with Gasteiger partial charge >= 0.3 is 0 Å². The molecule has 8 nitrogen and oxygen atoms in total. The highest BCUT2D eigenvalue weighted by Crippen LogP contribution is 2.24. The van der Waals surface area contributed by atoms with Crippen molar-refractivity contribution in [1.29, 1.82) is 0 Å². The second-order valence-electron chi connectivity index (χ2n) is 8.42. The molecule has 8 heteroatoms. The van der Waals surface area contributed by atoms with E-state index in [4.69, 9.17) is 9.97 Å². The number of nitrogens with zero attached hydrogens (tertiary/aromatic N) is 5. The van der Waals surface area contributed by atoms with Gasteiger partial charge in [-0.1, -0.05) is 29.8 Å². The van der Waals surface area contributed by atoms with Gasteiger partial charge in [-0.3, -0.25) is 4.79 Å². The summed E-state index contributed by atoms with van der Waals surface area (Å²) < 4.78 is 2.06. The Morgan fingerprint density at radius 1 is 1.13 bits per heavy atom. The maximum absolute atomic E-state index is 11.8. The molecule has 0 bridgehead atoms. The molecule has 4 rings (SSSR count). The van der Waals surface area contributed by atoms with Crippen LogP contribution in [0.5, 0.6) is 0 Å². The van der Waals surface area contributed by atoms with E-state index < -0.39 is 0 Å². The van der Waals surface area contributed by atoms with Gasteiger partial charge in [0.05, 0.1) is 6.33 Å². The molecule has 1 aliphatic rings. The standard InChI is InChI=1S/C23H31N7O/c1-16(2)30-15-26-20-21(25-14-18-9-7-17(3)8-10-18)27-23(28-22(20)30)24-11-5-13-29-12-4-6-19(29)31/h7-10,15-16H,4-6,11-14H2,1-3H3,(H2,24,25,27,28). The second-order valence-corrected chi connectivity index (χ2v) is 8.42. The number of carbonyl (C=O) groups excluding carboxylic acids is 1. The first-order chi connectivity index (χ1) is 15.0. The summed E-state index contributed by atoms with van der Waals surface area (Å²) >= 11 is 0. The van der Waals surface area contributed by atoms with Crippen molar-refractivity contribution in [2.24, 2.45) is 0 Å². The molecular formula is C23H31N7O. The van der Waals surface area contributed by atoms with Crippen LogP contribution in [-0.2, 0) is 11.3 Å². The Morgan fingerprint density at radius 3 is 2.65 bits per heavy atom. The highest BCUT2D eigenvalue weighted by Gasteiger charge is 2.19. The lowest BCUT2D eigenvalue weighted by molar-refractivity contribution is -0.127. The number of hydrogen-bond donors (Lipinski definition) is 2. The lowest BCUT2D eigenvalue weighted by atomic mass is 10.1. The highest BCUT2D eigenvalue weighted by atomic mass is 16.2. The quantitative estimate of drug-likeness (QED) is 0.512. The van der Waals surface area contributed by atoms with Gasteiger partial charge in [-0.25, -0.2) is 4.98 Å². The fourth-order valence-corrected chi connectivity index (χ4v) is 3.80. The normalized spacial score (nSPS) is 14.1. The molecule has 1 amide bonds. The molecule has 0 unspecified atom stereocenters. The minimum absolute atomic E-state index is 0.249. The van der Waals surface area contributed by atoms with Crippen LogP contribution in [0.4, 0.5) is 11.8 Å². The van der Waals surface area contributed by atoms with Gasteiger partial charge < -0.3 is 20.1 Å². The Labute approximate surface area is 183 Å². The number of amides is 1. The Hall–Kier alpha value is -3.16. The largest absolute Gasteiger partial charge is 0.364 e. The summed E-state index contributed by atoms with van der Waals surface area (Å²) in [6, 6.07) is 8.70. The fourth-order valence-electron chi connectivity index (χ4n) is 3.80. The summed E-state index contributed by atoms with van der Waals surface area (Å²) in [7, 11) is 0. The number of carbonyl (C=O) groups is 1. The highest BCUT2D eigenvalue weighted by molar-refractivity contribution is 5.84. The van der Waals surface area contributed by atoms with E-state index in [1.165, 1.54) is 11.1 Å². The van der Waals surface area contributed by atoms with E-state index >= 15 is 0 Å². The molecule has 3 aromatic rings. The van der Waals surface area contributed by atoms with Crippen molar-refractivity contribution >= 4 is 28.8 Å². The second kappa shape index (κ2) is 9.32. The van der Waals surface area contributed by atoms with Gasteiger partial charge in [0.25, 0.3) is 0 Å². The van der Waals surface area contributed by atoms with Gasteiger partial charge in [-0.05, 0) is 39.2 Å². The molecular weight excluding hydrogens is 390 g/mol. The number of rotatable bonds is 9. The molecule has 31 heavy (non-hydrogen) atoms. The van der Waals surface area contributed by atoms with Gasteiger partial charge in [0, 0.05) is 38.6 Å². The Kier molecular flexibility index (Phi) is 6.34. The fraction of sp³-hybridized carbons (Fsp3) is 0.478. The van der Waals surface area contributed by atoms with E-state index in [1.54, 1.807) is 0 Å². The average molecular weight is 422 g/mol. The zero-order chi connectivity index (χ0) is 21.8. The Balaban J connectivity index is 1.48. The number of imidazole rings is 1. The van der Waals surface area contributed by atoms with Gasteiger partial charge in [-0.15, -0.1) is 0 Å². The monoisotopic (exact) mass is 421 g/mol. The van der Waals surface area contributed by atoms with Gasteiger partial charge in [0.15, 0.2) is 17.0 Å². The lowest BCUT2D eigenvalue weighted by Gasteiger charge is -2.16. The van der Waals surface area contributed by atoms with Crippen LogP contribution >= 0.6 is 0 Å². The van der Waals surface area contributed by atoms with Gasteiger partial charge in [-0.2, -0.15) is 9.97 Å². The van der Waals surface area contributed by atoms with E-state index in [0.717, 1.165) is 42.9 Å². The zero-order valence-electron chi connectivity index (χ0n) is 18.6. The maximum Gasteiger partial charge on any atom is 0.226 e. The maximum atomic E-state index is 11.8. The number of aryl methyl sites for hydroxylation is 1. The first kappa shape index (κ1) is 21.1. The molecule has 1 aliphatic heterocycles. The Bertz CT molecular complexity index is 1040. The van der Waals surface area contributed by atoms with Gasteiger partial charge in [0.2, 0.25) is 11.9 Å². The van der Waals surface area contributed by atoms with E-state index in [-0.39, 0.29) is 11.9 Å². The molecule has 164 valence electrons. The molecule has 0 aliphatic carbocycles. The van der Waals surface area contributed by atoms with E-state index in [2.05, 4.69) is 65.2 Å². The third-order valence-electron chi connectivity index (χ3n) is 5.62. The average Bonchev–Trinajstić information content (AvgIpc) is 3.37. The molecule has 1 aromatic carbocycles. The molecule has 1 saturated heterocycles.